The molecule has 2 N–H and O–H groups in total. The average Bonchev–Trinajstić information content (AvgIpc) is 2.98. The van der Waals surface area contributed by atoms with Crippen molar-refractivity contribution in [1.29, 1.82) is 0 Å². The lowest BCUT2D eigenvalue weighted by atomic mass is 9.61. The SMILES string of the molecule is CC1(C2(C3(N)CC3)CC2)CCCCC1. The summed E-state index contributed by atoms with van der Waals surface area (Å²) in [6, 6.07) is 0. The zero-order valence-corrected chi connectivity index (χ0v) is 9.44. The van der Waals surface area contributed by atoms with E-state index in [0.29, 0.717) is 10.8 Å². The summed E-state index contributed by atoms with van der Waals surface area (Å²) in [5.41, 5.74) is 7.97. The molecule has 3 aliphatic carbocycles. The van der Waals surface area contributed by atoms with Gasteiger partial charge < -0.3 is 5.73 Å². The van der Waals surface area contributed by atoms with Gasteiger partial charge in [-0.25, -0.2) is 0 Å². The predicted molar refractivity (Wildman–Crippen MR) is 59.0 cm³/mol. The second-order valence-electron chi connectivity index (χ2n) is 6.36. The fourth-order valence-electron chi connectivity index (χ4n) is 4.25. The smallest absolute Gasteiger partial charge is 0.0218 e. The normalized spacial score (nSPS) is 36.4. The minimum atomic E-state index is 0.277. The summed E-state index contributed by atoms with van der Waals surface area (Å²) in [4.78, 5) is 0. The first-order chi connectivity index (χ1) is 6.62. The number of rotatable bonds is 2. The van der Waals surface area contributed by atoms with Gasteiger partial charge in [-0.1, -0.05) is 26.2 Å². The molecule has 0 atom stereocenters. The summed E-state index contributed by atoms with van der Waals surface area (Å²) in [6.45, 7) is 2.53. The molecule has 0 amide bonds. The van der Waals surface area contributed by atoms with E-state index in [1.165, 1.54) is 57.8 Å². The van der Waals surface area contributed by atoms with Gasteiger partial charge in [0.25, 0.3) is 0 Å². The maximum atomic E-state index is 6.50. The van der Waals surface area contributed by atoms with E-state index in [9.17, 15) is 0 Å². The molecule has 3 rings (SSSR count). The monoisotopic (exact) mass is 193 g/mol. The van der Waals surface area contributed by atoms with E-state index >= 15 is 0 Å². The Morgan fingerprint density at radius 3 is 1.79 bits per heavy atom. The predicted octanol–water partition coefficient (Wildman–Crippen LogP) is 3.23. The Morgan fingerprint density at radius 1 is 0.786 bits per heavy atom. The van der Waals surface area contributed by atoms with Gasteiger partial charge in [0.05, 0.1) is 0 Å². The van der Waals surface area contributed by atoms with Crippen LogP contribution in [0.25, 0.3) is 0 Å². The topological polar surface area (TPSA) is 26.0 Å². The van der Waals surface area contributed by atoms with Gasteiger partial charge in [0.15, 0.2) is 0 Å². The van der Waals surface area contributed by atoms with Crippen LogP contribution in [0.1, 0.15) is 64.7 Å². The van der Waals surface area contributed by atoms with Gasteiger partial charge in [-0.3, -0.25) is 0 Å². The fraction of sp³-hybridized carbons (Fsp3) is 1.00. The van der Waals surface area contributed by atoms with Crippen LogP contribution in [0, 0.1) is 10.8 Å². The molecule has 0 bridgehead atoms. The highest BCUT2D eigenvalue weighted by Gasteiger charge is 2.69. The first-order valence-electron chi connectivity index (χ1n) is 6.41. The van der Waals surface area contributed by atoms with Crippen LogP contribution in [-0.2, 0) is 0 Å². The van der Waals surface area contributed by atoms with Crippen LogP contribution in [0.2, 0.25) is 0 Å². The Hall–Kier alpha value is -0.0400. The molecule has 80 valence electrons. The summed E-state index contributed by atoms with van der Waals surface area (Å²) < 4.78 is 0. The van der Waals surface area contributed by atoms with Crippen LogP contribution in [0.3, 0.4) is 0 Å². The molecule has 3 saturated carbocycles. The third kappa shape index (κ3) is 0.997. The highest BCUT2D eigenvalue weighted by Crippen LogP contribution is 2.73. The molecular formula is C13H23N. The Bertz CT molecular complexity index is 242. The molecule has 1 nitrogen and oxygen atoms in total. The molecule has 1 heteroatoms. The molecule has 0 spiro atoms. The van der Waals surface area contributed by atoms with Crippen molar-refractivity contribution in [3.05, 3.63) is 0 Å². The second-order valence-corrected chi connectivity index (χ2v) is 6.36. The summed E-state index contributed by atoms with van der Waals surface area (Å²) in [5, 5.41) is 0. The Balaban J connectivity index is 1.86. The minimum absolute atomic E-state index is 0.277. The van der Waals surface area contributed by atoms with E-state index in [1.54, 1.807) is 0 Å². The van der Waals surface area contributed by atoms with Crippen molar-refractivity contribution in [3.63, 3.8) is 0 Å². The summed E-state index contributed by atoms with van der Waals surface area (Å²) in [5.74, 6) is 0. The molecule has 0 aromatic rings. The average molecular weight is 193 g/mol. The highest BCUT2D eigenvalue weighted by atomic mass is 14.9. The van der Waals surface area contributed by atoms with E-state index < -0.39 is 0 Å². The van der Waals surface area contributed by atoms with Crippen molar-refractivity contribution in [2.24, 2.45) is 16.6 Å². The van der Waals surface area contributed by atoms with E-state index in [2.05, 4.69) is 6.92 Å². The van der Waals surface area contributed by atoms with Gasteiger partial charge >= 0.3 is 0 Å². The van der Waals surface area contributed by atoms with Gasteiger partial charge in [0.1, 0.15) is 0 Å². The first kappa shape index (κ1) is 9.21. The van der Waals surface area contributed by atoms with Gasteiger partial charge in [-0.05, 0) is 49.4 Å². The van der Waals surface area contributed by atoms with Crippen molar-refractivity contribution < 1.29 is 0 Å². The fourth-order valence-corrected chi connectivity index (χ4v) is 4.25. The lowest BCUT2D eigenvalue weighted by Crippen LogP contribution is -2.46. The summed E-state index contributed by atoms with van der Waals surface area (Å²) in [6.07, 6.45) is 12.7. The largest absolute Gasteiger partial charge is 0.325 e. The lowest BCUT2D eigenvalue weighted by molar-refractivity contribution is 0.0683. The van der Waals surface area contributed by atoms with Crippen LogP contribution < -0.4 is 5.73 Å². The molecule has 0 saturated heterocycles. The van der Waals surface area contributed by atoms with Crippen molar-refractivity contribution in [2.45, 2.75) is 70.3 Å². The molecule has 14 heavy (non-hydrogen) atoms. The van der Waals surface area contributed by atoms with E-state index in [0.717, 1.165) is 0 Å². The Morgan fingerprint density at radius 2 is 1.36 bits per heavy atom. The molecular weight excluding hydrogens is 170 g/mol. The summed E-state index contributed by atoms with van der Waals surface area (Å²) in [7, 11) is 0. The quantitative estimate of drug-likeness (QED) is 0.716. The molecule has 0 aromatic heterocycles. The van der Waals surface area contributed by atoms with Crippen molar-refractivity contribution >= 4 is 0 Å². The molecule has 0 radical (unpaired) electrons. The van der Waals surface area contributed by atoms with E-state index in [4.69, 9.17) is 5.73 Å². The molecule has 0 heterocycles. The van der Waals surface area contributed by atoms with Gasteiger partial charge in [0, 0.05) is 5.54 Å². The minimum Gasteiger partial charge on any atom is -0.325 e. The van der Waals surface area contributed by atoms with Crippen LogP contribution in [0.4, 0.5) is 0 Å². The molecule has 0 unspecified atom stereocenters. The van der Waals surface area contributed by atoms with Crippen LogP contribution in [-0.4, -0.2) is 5.54 Å². The Kier molecular flexibility index (Phi) is 1.68. The molecule has 3 fully saturated rings. The van der Waals surface area contributed by atoms with Gasteiger partial charge in [-0.15, -0.1) is 0 Å². The molecule has 0 aliphatic heterocycles. The maximum absolute atomic E-state index is 6.50. The van der Waals surface area contributed by atoms with Crippen LogP contribution in [0.15, 0.2) is 0 Å². The third-order valence-corrected chi connectivity index (χ3v) is 5.60. The van der Waals surface area contributed by atoms with E-state index in [1.807, 2.05) is 0 Å². The van der Waals surface area contributed by atoms with Crippen molar-refractivity contribution in [2.75, 3.05) is 0 Å². The number of nitrogens with two attached hydrogens (primary N) is 1. The van der Waals surface area contributed by atoms with E-state index in [-0.39, 0.29) is 5.54 Å². The second kappa shape index (κ2) is 2.55. The molecule has 0 aromatic carbocycles. The highest BCUT2D eigenvalue weighted by molar-refractivity contribution is 5.24. The number of hydrogen-bond donors (Lipinski definition) is 1. The van der Waals surface area contributed by atoms with Gasteiger partial charge in [0.2, 0.25) is 0 Å². The van der Waals surface area contributed by atoms with Gasteiger partial charge in [-0.2, -0.15) is 0 Å². The number of hydrogen-bond acceptors (Lipinski definition) is 1. The molecule has 3 aliphatic rings. The van der Waals surface area contributed by atoms with Crippen molar-refractivity contribution in [3.8, 4) is 0 Å². The third-order valence-electron chi connectivity index (χ3n) is 5.60. The zero-order valence-electron chi connectivity index (χ0n) is 9.44. The standard InChI is InChI=1S/C13H23N/c1-11(5-3-2-4-6-11)12(7-8-12)13(14)9-10-13/h2-10,14H2,1H3. The zero-order chi connectivity index (χ0) is 9.86. The maximum Gasteiger partial charge on any atom is 0.0218 e. The Labute approximate surface area is 87.4 Å². The lowest BCUT2D eigenvalue weighted by Gasteiger charge is -2.45. The summed E-state index contributed by atoms with van der Waals surface area (Å²) >= 11 is 0. The van der Waals surface area contributed by atoms with Crippen LogP contribution in [0.5, 0.6) is 0 Å². The van der Waals surface area contributed by atoms with Crippen LogP contribution >= 0.6 is 0 Å². The van der Waals surface area contributed by atoms with Crippen molar-refractivity contribution in [1.82, 2.24) is 0 Å². The first-order valence-corrected chi connectivity index (χ1v) is 6.41.